The summed E-state index contributed by atoms with van der Waals surface area (Å²) in [6, 6.07) is 0. The molecule has 0 saturated heterocycles. The van der Waals surface area contributed by atoms with Crippen LogP contribution >= 0.6 is 10.2 Å². The van der Waals surface area contributed by atoms with Crippen LogP contribution in [0.4, 0.5) is 0 Å². The van der Waals surface area contributed by atoms with Gasteiger partial charge in [-0.05, 0) is 40.7 Å². The largest absolute Gasteiger partial charge is 0.336 e. The summed E-state index contributed by atoms with van der Waals surface area (Å²) in [6.45, 7) is 20.0. The number of rotatable bonds is 6. The lowest BCUT2D eigenvalue weighted by Gasteiger charge is -2.57. The lowest BCUT2D eigenvalue weighted by molar-refractivity contribution is 0.655. The molecule has 0 aromatic rings. The van der Waals surface area contributed by atoms with Crippen LogP contribution in [0.3, 0.4) is 0 Å². The first kappa shape index (κ1) is 18.4. The third-order valence-corrected chi connectivity index (χ3v) is 10.2. The van der Waals surface area contributed by atoms with Crippen molar-refractivity contribution in [1.29, 1.82) is 0 Å². The van der Waals surface area contributed by atoms with Gasteiger partial charge in [0.05, 0.1) is 6.54 Å². The van der Waals surface area contributed by atoms with Gasteiger partial charge in [0, 0.05) is 6.20 Å². The molecule has 1 rings (SSSR count). The second kappa shape index (κ2) is 7.58. The molecule has 0 atom stereocenters. The molecule has 0 aromatic heterocycles. The summed E-state index contributed by atoms with van der Waals surface area (Å²) >= 11 is 0. The van der Waals surface area contributed by atoms with Gasteiger partial charge in [-0.15, -0.1) is 0 Å². The van der Waals surface area contributed by atoms with E-state index in [-0.39, 0.29) is 0 Å². The molecule has 1 heterocycles. The Labute approximate surface area is 134 Å². The van der Waals surface area contributed by atoms with Gasteiger partial charge in [-0.2, -0.15) is 10.2 Å². The van der Waals surface area contributed by atoms with Crippen molar-refractivity contribution in [1.82, 2.24) is 4.31 Å². The van der Waals surface area contributed by atoms with Crippen molar-refractivity contribution >= 4 is 10.2 Å². The summed E-state index contributed by atoms with van der Waals surface area (Å²) in [7, 11) is -0.817. The molecule has 0 bridgehead atoms. The molecule has 2 heteroatoms. The van der Waals surface area contributed by atoms with E-state index in [9.17, 15) is 0 Å². The zero-order chi connectivity index (χ0) is 16.2. The lowest BCUT2D eigenvalue weighted by atomic mass is 10.2. The maximum absolute atomic E-state index is 2.67. The molecule has 0 fully saturated rings. The summed E-state index contributed by atoms with van der Waals surface area (Å²) < 4.78 is 2.67. The Balaban J connectivity index is 3.03. The van der Waals surface area contributed by atoms with Crippen molar-refractivity contribution in [3.05, 3.63) is 35.6 Å². The first-order chi connectivity index (χ1) is 9.76. The normalized spacial score (nSPS) is 19.7. The summed E-state index contributed by atoms with van der Waals surface area (Å²) in [5.41, 5.74) is 2.89. The molecule has 0 spiro atoms. The monoisotopic (exact) mass is 309 g/mol. The Bertz CT molecular complexity index is 405. The Morgan fingerprint density at radius 3 is 2.10 bits per heavy atom. The van der Waals surface area contributed by atoms with Crippen LogP contribution in [-0.2, 0) is 0 Å². The fraction of sp³-hybridized carbons (Fsp3) is 0.684. The van der Waals surface area contributed by atoms with Crippen LogP contribution in [0.5, 0.6) is 0 Å². The standard InChI is InChI=1S/C19H35NS/c1-9-18(8)10-11-19-12-13-20(14-19)21(15(2)3,16(4)5)17(6)7/h10-13,15-17H,9,14H2,1-8H3/b18-10+,19-11-. The summed E-state index contributed by atoms with van der Waals surface area (Å²) in [4.78, 5) is 0. The lowest BCUT2D eigenvalue weighted by Crippen LogP contribution is -2.39. The number of hydrogen-bond acceptors (Lipinski definition) is 1. The quantitative estimate of drug-likeness (QED) is 0.578. The molecule has 0 aromatic carbocycles. The van der Waals surface area contributed by atoms with E-state index >= 15 is 0 Å². The minimum Gasteiger partial charge on any atom is -0.336 e. The molecule has 1 aliphatic rings. The molecule has 0 saturated carbocycles. The minimum atomic E-state index is -0.817. The van der Waals surface area contributed by atoms with Crippen molar-refractivity contribution in [2.24, 2.45) is 0 Å². The number of nitrogens with zero attached hydrogens (tertiary/aromatic N) is 1. The fourth-order valence-corrected chi connectivity index (χ4v) is 9.14. The van der Waals surface area contributed by atoms with Gasteiger partial charge in [0.1, 0.15) is 0 Å². The van der Waals surface area contributed by atoms with Crippen LogP contribution in [0.1, 0.15) is 61.8 Å². The van der Waals surface area contributed by atoms with Crippen molar-refractivity contribution in [2.75, 3.05) is 6.54 Å². The van der Waals surface area contributed by atoms with E-state index in [1.54, 1.807) is 0 Å². The zero-order valence-electron chi connectivity index (χ0n) is 15.3. The maximum atomic E-state index is 2.67. The highest BCUT2D eigenvalue weighted by Gasteiger charge is 2.40. The second-order valence-electron chi connectivity index (χ2n) is 6.87. The molecular formula is C19H35NS. The minimum absolute atomic E-state index is 0.717. The number of hydrogen-bond donors (Lipinski definition) is 0. The van der Waals surface area contributed by atoms with Gasteiger partial charge >= 0.3 is 0 Å². The summed E-state index contributed by atoms with van der Waals surface area (Å²) in [5.74, 6) is 0. The number of allylic oxidation sites excluding steroid dienone is 3. The van der Waals surface area contributed by atoms with Crippen LogP contribution in [0.15, 0.2) is 35.6 Å². The molecule has 1 aliphatic heterocycles. The predicted molar refractivity (Wildman–Crippen MR) is 101 cm³/mol. The van der Waals surface area contributed by atoms with Crippen molar-refractivity contribution in [3.8, 4) is 0 Å². The van der Waals surface area contributed by atoms with Crippen LogP contribution in [-0.4, -0.2) is 26.6 Å². The Hall–Kier alpha value is -0.630. The Morgan fingerprint density at radius 1 is 1.14 bits per heavy atom. The molecule has 0 N–H and O–H groups in total. The van der Waals surface area contributed by atoms with Crippen molar-refractivity contribution in [3.63, 3.8) is 0 Å². The maximum Gasteiger partial charge on any atom is 0.0524 e. The van der Waals surface area contributed by atoms with Crippen LogP contribution in [0, 0.1) is 0 Å². The van der Waals surface area contributed by atoms with Crippen LogP contribution < -0.4 is 0 Å². The van der Waals surface area contributed by atoms with Crippen LogP contribution in [0.25, 0.3) is 0 Å². The van der Waals surface area contributed by atoms with E-state index in [4.69, 9.17) is 0 Å². The molecule has 0 amide bonds. The topological polar surface area (TPSA) is 3.24 Å². The highest BCUT2D eigenvalue weighted by Crippen LogP contribution is 2.64. The average molecular weight is 310 g/mol. The molecule has 1 nitrogen and oxygen atoms in total. The van der Waals surface area contributed by atoms with Gasteiger partial charge in [-0.25, -0.2) is 0 Å². The van der Waals surface area contributed by atoms with Gasteiger partial charge in [0.2, 0.25) is 0 Å². The molecule has 21 heavy (non-hydrogen) atoms. The molecule has 122 valence electrons. The highest BCUT2D eigenvalue weighted by molar-refractivity contribution is 8.33. The Kier molecular flexibility index (Phi) is 6.65. The molecule has 0 radical (unpaired) electrons. The summed E-state index contributed by atoms with van der Waals surface area (Å²) in [5, 5.41) is 2.15. The third kappa shape index (κ3) is 3.77. The molecular weight excluding hydrogens is 274 g/mol. The first-order valence-corrected chi connectivity index (χ1v) is 10.2. The van der Waals surface area contributed by atoms with Gasteiger partial charge in [-0.1, -0.05) is 66.2 Å². The van der Waals surface area contributed by atoms with Crippen LogP contribution in [0.2, 0.25) is 0 Å². The Morgan fingerprint density at radius 2 is 1.67 bits per heavy atom. The van der Waals surface area contributed by atoms with E-state index in [2.05, 4.69) is 84.1 Å². The van der Waals surface area contributed by atoms with Gasteiger partial charge in [0.15, 0.2) is 0 Å². The second-order valence-corrected chi connectivity index (χ2v) is 11.6. The zero-order valence-corrected chi connectivity index (χ0v) is 16.1. The molecule has 0 aliphatic carbocycles. The van der Waals surface area contributed by atoms with Crippen molar-refractivity contribution in [2.45, 2.75) is 77.6 Å². The van der Waals surface area contributed by atoms with E-state index in [0.717, 1.165) is 28.7 Å². The summed E-state index contributed by atoms with van der Waals surface area (Å²) in [6.07, 6.45) is 10.4. The van der Waals surface area contributed by atoms with Gasteiger partial charge in [0.25, 0.3) is 0 Å². The van der Waals surface area contributed by atoms with Gasteiger partial charge < -0.3 is 4.31 Å². The average Bonchev–Trinajstić information content (AvgIpc) is 2.84. The third-order valence-electron chi connectivity index (χ3n) is 4.60. The fourth-order valence-electron chi connectivity index (χ4n) is 3.60. The first-order valence-electron chi connectivity index (χ1n) is 8.38. The van der Waals surface area contributed by atoms with E-state index in [1.807, 2.05) is 0 Å². The highest BCUT2D eigenvalue weighted by atomic mass is 32.3. The van der Waals surface area contributed by atoms with E-state index < -0.39 is 10.2 Å². The van der Waals surface area contributed by atoms with E-state index in [1.165, 1.54) is 11.1 Å². The predicted octanol–water partition coefficient (Wildman–Crippen LogP) is 6.04. The van der Waals surface area contributed by atoms with E-state index in [0.29, 0.717) is 0 Å². The smallest absolute Gasteiger partial charge is 0.0524 e. The van der Waals surface area contributed by atoms with Crippen molar-refractivity contribution < 1.29 is 0 Å². The van der Waals surface area contributed by atoms with Gasteiger partial charge in [-0.3, -0.25) is 0 Å². The SMILES string of the molecule is CC/C(C)=C/C=C1/C=CN(S(C(C)C)(C(C)C)C(C)C)C1. The molecule has 0 unspecified atom stereocenters.